The Kier molecular flexibility index (Phi) is 4.22. The van der Waals surface area contributed by atoms with Crippen LogP contribution in [0.15, 0.2) is 0 Å². The third kappa shape index (κ3) is 3.02. The van der Waals surface area contributed by atoms with Gasteiger partial charge in [0.2, 0.25) is 5.91 Å². The average molecular weight is 254 g/mol. The molecule has 1 aliphatic heterocycles. The molecule has 2 fully saturated rings. The van der Waals surface area contributed by atoms with E-state index in [2.05, 4.69) is 10.6 Å². The van der Waals surface area contributed by atoms with Crippen molar-refractivity contribution in [2.75, 3.05) is 19.6 Å². The monoisotopic (exact) mass is 254 g/mol. The summed E-state index contributed by atoms with van der Waals surface area (Å²) in [5, 5.41) is 15.3. The van der Waals surface area contributed by atoms with Gasteiger partial charge in [0.15, 0.2) is 0 Å². The number of hydrogen-bond donors (Lipinski definition) is 3. The number of hydrogen-bond acceptors (Lipinski definition) is 3. The van der Waals surface area contributed by atoms with Gasteiger partial charge in [0, 0.05) is 13.0 Å². The van der Waals surface area contributed by atoms with Gasteiger partial charge in [-0.25, -0.2) is 0 Å². The third-order valence-electron chi connectivity index (χ3n) is 4.23. The highest BCUT2D eigenvalue weighted by Crippen LogP contribution is 2.36. The maximum Gasteiger partial charge on any atom is 0.311 e. The standard InChI is InChI=1S/C13H22N2O3/c16-11(6-10-7-14-8-10)15-9-13(12(17)18)4-2-1-3-5-13/h10,14H,1-9H2,(H,15,16)(H,17,18). The summed E-state index contributed by atoms with van der Waals surface area (Å²) in [5.74, 6) is -0.336. The van der Waals surface area contributed by atoms with E-state index in [-0.39, 0.29) is 5.91 Å². The molecular weight excluding hydrogens is 232 g/mol. The molecule has 5 nitrogen and oxygen atoms in total. The lowest BCUT2D eigenvalue weighted by molar-refractivity contribution is -0.151. The summed E-state index contributed by atoms with van der Waals surface area (Å²) in [6.45, 7) is 2.09. The highest BCUT2D eigenvalue weighted by atomic mass is 16.4. The van der Waals surface area contributed by atoms with Gasteiger partial charge in [-0.3, -0.25) is 9.59 Å². The van der Waals surface area contributed by atoms with E-state index >= 15 is 0 Å². The van der Waals surface area contributed by atoms with E-state index in [1.165, 1.54) is 0 Å². The zero-order valence-corrected chi connectivity index (χ0v) is 10.7. The van der Waals surface area contributed by atoms with Gasteiger partial charge >= 0.3 is 5.97 Å². The molecule has 2 rings (SSSR count). The fourth-order valence-corrected chi connectivity index (χ4v) is 2.79. The molecule has 1 amide bonds. The highest BCUT2D eigenvalue weighted by molar-refractivity contribution is 5.79. The molecule has 102 valence electrons. The predicted octanol–water partition coefficient (Wildman–Crippen LogP) is 0.747. The maximum atomic E-state index is 11.7. The van der Waals surface area contributed by atoms with Crippen molar-refractivity contribution in [3.63, 3.8) is 0 Å². The number of carbonyl (C=O) groups excluding carboxylic acids is 1. The van der Waals surface area contributed by atoms with E-state index < -0.39 is 11.4 Å². The van der Waals surface area contributed by atoms with Gasteiger partial charge in [-0.2, -0.15) is 0 Å². The number of carboxylic acid groups (broad SMARTS) is 1. The second-order valence-corrected chi connectivity index (χ2v) is 5.65. The molecule has 1 aliphatic carbocycles. The minimum absolute atomic E-state index is 0.00676. The first-order valence-electron chi connectivity index (χ1n) is 6.83. The Morgan fingerprint density at radius 1 is 1.22 bits per heavy atom. The van der Waals surface area contributed by atoms with Crippen molar-refractivity contribution in [2.45, 2.75) is 38.5 Å². The van der Waals surface area contributed by atoms with Crippen LogP contribution in [0.5, 0.6) is 0 Å². The lowest BCUT2D eigenvalue weighted by Crippen LogP contribution is -2.47. The number of carbonyl (C=O) groups is 2. The molecule has 3 N–H and O–H groups in total. The van der Waals surface area contributed by atoms with Gasteiger partial charge in [-0.1, -0.05) is 19.3 Å². The summed E-state index contributed by atoms with van der Waals surface area (Å²) in [7, 11) is 0. The fourth-order valence-electron chi connectivity index (χ4n) is 2.79. The van der Waals surface area contributed by atoms with E-state index in [9.17, 15) is 14.7 Å². The molecule has 1 saturated carbocycles. The van der Waals surface area contributed by atoms with Crippen LogP contribution in [0.1, 0.15) is 38.5 Å². The lowest BCUT2D eigenvalue weighted by Gasteiger charge is -2.33. The largest absolute Gasteiger partial charge is 0.481 e. The Bertz CT molecular complexity index is 320. The first-order chi connectivity index (χ1) is 8.62. The number of aliphatic carboxylic acids is 1. The first-order valence-corrected chi connectivity index (χ1v) is 6.83. The summed E-state index contributed by atoms with van der Waals surface area (Å²) < 4.78 is 0. The first kappa shape index (κ1) is 13.3. The van der Waals surface area contributed by atoms with Crippen molar-refractivity contribution in [1.82, 2.24) is 10.6 Å². The molecule has 0 aromatic heterocycles. The van der Waals surface area contributed by atoms with Crippen molar-refractivity contribution in [2.24, 2.45) is 11.3 Å². The molecule has 0 unspecified atom stereocenters. The normalized spacial score (nSPS) is 23.1. The van der Waals surface area contributed by atoms with Crippen LogP contribution in [0.4, 0.5) is 0 Å². The molecule has 0 bridgehead atoms. The van der Waals surface area contributed by atoms with Crippen LogP contribution in [0, 0.1) is 11.3 Å². The highest BCUT2D eigenvalue weighted by Gasteiger charge is 2.39. The summed E-state index contributed by atoms with van der Waals surface area (Å²) in [5.41, 5.74) is -0.716. The molecule has 0 radical (unpaired) electrons. The Hall–Kier alpha value is -1.10. The van der Waals surface area contributed by atoms with Gasteiger partial charge in [0.05, 0.1) is 5.41 Å². The number of nitrogens with one attached hydrogen (secondary N) is 2. The zero-order chi connectivity index (χ0) is 13.0. The molecule has 1 saturated heterocycles. The predicted molar refractivity (Wildman–Crippen MR) is 67.1 cm³/mol. The van der Waals surface area contributed by atoms with Gasteiger partial charge in [0.25, 0.3) is 0 Å². The Morgan fingerprint density at radius 3 is 2.39 bits per heavy atom. The molecule has 0 spiro atoms. The molecular formula is C13H22N2O3. The molecule has 1 heterocycles. The minimum atomic E-state index is -0.757. The second kappa shape index (κ2) is 5.69. The van der Waals surface area contributed by atoms with Crippen molar-refractivity contribution in [1.29, 1.82) is 0 Å². The lowest BCUT2D eigenvalue weighted by atomic mass is 9.74. The topological polar surface area (TPSA) is 78.4 Å². The zero-order valence-electron chi connectivity index (χ0n) is 10.7. The molecule has 5 heteroatoms. The Morgan fingerprint density at radius 2 is 1.89 bits per heavy atom. The van der Waals surface area contributed by atoms with E-state index in [0.29, 0.717) is 31.7 Å². The SMILES string of the molecule is O=C(CC1CNC1)NCC1(C(=O)O)CCCCC1. The van der Waals surface area contributed by atoms with Crippen LogP contribution < -0.4 is 10.6 Å². The van der Waals surface area contributed by atoms with E-state index in [1.54, 1.807) is 0 Å². The number of rotatable bonds is 5. The molecule has 0 aromatic rings. The summed E-state index contributed by atoms with van der Waals surface area (Å²) in [6, 6.07) is 0. The van der Waals surface area contributed by atoms with Gasteiger partial charge in [0.1, 0.15) is 0 Å². The van der Waals surface area contributed by atoms with Crippen molar-refractivity contribution < 1.29 is 14.7 Å². The van der Waals surface area contributed by atoms with E-state index in [0.717, 1.165) is 32.4 Å². The van der Waals surface area contributed by atoms with Crippen LogP contribution in [-0.4, -0.2) is 36.6 Å². The van der Waals surface area contributed by atoms with Crippen LogP contribution in [-0.2, 0) is 9.59 Å². The quantitative estimate of drug-likeness (QED) is 0.676. The summed E-state index contributed by atoms with van der Waals surface area (Å²) >= 11 is 0. The van der Waals surface area contributed by atoms with E-state index in [4.69, 9.17) is 0 Å². The van der Waals surface area contributed by atoms with Gasteiger partial charge in [-0.05, 0) is 31.8 Å². The van der Waals surface area contributed by atoms with Crippen LogP contribution >= 0.6 is 0 Å². The van der Waals surface area contributed by atoms with Crippen LogP contribution in [0.3, 0.4) is 0 Å². The van der Waals surface area contributed by atoms with Crippen molar-refractivity contribution >= 4 is 11.9 Å². The van der Waals surface area contributed by atoms with Crippen molar-refractivity contribution in [3.05, 3.63) is 0 Å². The smallest absolute Gasteiger partial charge is 0.311 e. The van der Waals surface area contributed by atoms with E-state index in [1.807, 2.05) is 0 Å². The van der Waals surface area contributed by atoms with Crippen LogP contribution in [0.2, 0.25) is 0 Å². The average Bonchev–Trinajstić information content (AvgIpc) is 2.32. The van der Waals surface area contributed by atoms with Crippen LogP contribution in [0.25, 0.3) is 0 Å². The number of amides is 1. The Balaban J connectivity index is 1.81. The molecule has 0 atom stereocenters. The Labute approximate surface area is 107 Å². The molecule has 0 aromatic carbocycles. The summed E-state index contributed by atoms with van der Waals surface area (Å²) in [4.78, 5) is 23.1. The second-order valence-electron chi connectivity index (χ2n) is 5.65. The van der Waals surface area contributed by atoms with Gasteiger partial charge in [-0.15, -0.1) is 0 Å². The van der Waals surface area contributed by atoms with Gasteiger partial charge < -0.3 is 15.7 Å². The fraction of sp³-hybridized carbons (Fsp3) is 0.846. The maximum absolute atomic E-state index is 11.7. The molecule has 18 heavy (non-hydrogen) atoms. The van der Waals surface area contributed by atoms with Crippen molar-refractivity contribution in [3.8, 4) is 0 Å². The molecule has 2 aliphatic rings. The summed E-state index contributed by atoms with van der Waals surface area (Å²) in [6.07, 6.45) is 4.91. The minimum Gasteiger partial charge on any atom is -0.481 e. The third-order valence-corrected chi connectivity index (χ3v) is 4.23. The number of carboxylic acids is 1.